The van der Waals surface area contributed by atoms with Gasteiger partial charge in [-0.25, -0.2) is 0 Å². The molecule has 14 rings (SSSR count). The van der Waals surface area contributed by atoms with Gasteiger partial charge >= 0.3 is 380 Å². The molecule has 13 aromatic rings. The molecule has 10 aromatic carbocycles. The van der Waals surface area contributed by atoms with Crippen LogP contribution in [0.5, 0.6) is 11.6 Å². The van der Waals surface area contributed by atoms with Gasteiger partial charge in [-0.05, 0) is 6.07 Å². The van der Waals surface area contributed by atoms with Crippen molar-refractivity contribution in [2.75, 3.05) is 4.81 Å². The first-order chi connectivity index (χ1) is 39.9. The zero-order chi connectivity index (χ0) is 55.9. The van der Waals surface area contributed by atoms with Crippen molar-refractivity contribution in [1.82, 2.24) is 18.6 Å². The minimum atomic E-state index is -2.58. The number of hydrogen-bond acceptors (Lipinski definition) is 3. The zero-order valence-corrected chi connectivity index (χ0v) is 43.1. The van der Waals surface area contributed by atoms with Crippen LogP contribution in [0.15, 0.2) is 255 Å². The Kier molecular flexibility index (Phi) is 9.71. The number of hydrogen-bond donors (Lipinski definition) is 0. The maximum absolute atomic E-state index is 9.18. The van der Waals surface area contributed by atoms with E-state index in [9.17, 15) is 4.11 Å². The van der Waals surface area contributed by atoms with Crippen molar-refractivity contribution in [2.24, 2.45) is 0 Å². The molecule has 6 nitrogen and oxygen atoms in total. The molecule has 0 bridgehead atoms. The van der Waals surface area contributed by atoms with Crippen molar-refractivity contribution in [3.63, 3.8) is 0 Å². The van der Waals surface area contributed by atoms with Gasteiger partial charge in [0.15, 0.2) is 0 Å². The molecular formula is C68H48BN5OPt. The zero-order valence-electron chi connectivity index (χ0n) is 46.8. The SMILES string of the molecule is [2H]C([2H])([2H])c1cccc(-c2cccc(-c3ccc(-c4ccccc4)cc3)c2-n2[c](=[Pt])n(-c3cccc(Oc4nc(N5B(c6ccccc6)n6c7ccccc7c7cccc5c76)cc(C([2H])([2H])[2H])c4-c4ccccc4)c3)c3ccccc32)c1. The van der Waals surface area contributed by atoms with Crippen molar-refractivity contribution in [2.45, 2.75) is 13.7 Å². The monoisotopic (exact) mass is 1160 g/mol. The van der Waals surface area contributed by atoms with E-state index >= 15 is 0 Å². The van der Waals surface area contributed by atoms with Crippen LogP contribution in [0.2, 0.25) is 0 Å². The topological polar surface area (TPSA) is 40.1 Å². The molecule has 4 heterocycles. The van der Waals surface area contributed by atoms with Gasteiger partial charge in [-0.2, -0.15) is 0 Å². The van der Waals surface area contributed by atoms with Gasteiger partial charge in [0.2, 0.25) is 0 Å². The normalized spacial score (nSPS) is 13.6. The Morgan fingerprint density at radius 2 is 1.09 bits per heavy atom. The average Bonchev–Trinajstić information content (AvgIpc) is 2.94. The molecule has 0 aliphatic carbocycles. The predicted molar refractivity (Wildman–Crippen MR) is 310 cm³/mol. The number of rotatable bonds is 10. The molecule has 0 spiro atoms. The number of imidazole rings is 1. The fraction of sp³-hybridized carbons (Fsp3) is 0.0294. The summed E-state index contributed by atoms with van der Waals surface area (Å²) in [7, 11) is 0. The van der Waals surface area contributed by atoms with Crippen molar-refractivity contribution < 1.29 is 32.3 Å². The van der Waals surface area contributed by atoms with Crippen LogP contribution >= 0.6 is 0 Å². The number of aryl methyl sites for hydroxylation is 2. The standard InChI is InChI=1S/C68H48BN5O.Pt/c1-46-20-16-25-52(42-46)57-32-18-31-56(50-40-38-49(39-41-50)48-21-6-3-7-22-48)66(57)72-45-71(61-35-14-15-36-62(61)72)54-28-17-29-55(44-54)75-68-65(51-23-8-4-9-24-51)47(2)43-64(70-68)73-63-37-19-33-59-58-30-12-13-34-60(58)74(67(59)63)69(73)53-26-10-5-11-27-53;/h3-44H,1-2H3;/i1D3,2D3;. The summed E-state index contributed by atoms with van der Waals surface area (Å²) in [4.78, 5) is 7.58. The number of nitrogens with zero attached hydrogens (tertiary/aromatic N) is 5. The number of ether oxygens (including phenoxy) is 1. The van der Waals surface area contributed by atoms with Gasteiger partial charge in [0, 0.05) is 16.3 Å². The summed E-state index contributed by atoms with van der Waals surface area (Å²) in [6, 6.07) is 84.5. The molecule has 0 saturated heterocycles. The van der Waals surface area contributed by atoms with Gasteiger partial charge in [0.25, 0.3) is 0 Å². The van der Waals surface area contributed by atoms with Crippen LogP contribution in [0, 0.1) is 17.5 Å². The Morgan fingerprint density at radius 3 is 1.86 bits per heavy atom. The van der Waals surface area contributed by atoms with Crippen molar-refractivity contribution in [1.29, 1.82) is 0 Å². The molecule has 0 saturated carbocycles. The first kappa shape index (κ1) is 39.4. The van der Waals surface area contributed by atoms with E-state index in [0.717, 1.165) is 92.5 Å². The van der Waals surface area contributed by atoms with Crippen LogP contribution in [0.4, 0.5) is 11.5 Å². The summed E-state index contributed by atoms with van der Waals surface area (Å²) in [5, 5.41) is 2.23. The third-order valence-electron chi connectivity index (χ3n) is 14.6. The van der Waals surface area contributed by atoms with E-state index in [1.807, 2.05) is 121 Å². The molecular weight excluding hydrogens is 1110 g/mol. The summed E-state index contributed by atoms with van der Waals surface area (Å²) in [5.74, 6) is 1.01. The van der Waals surface area contributed by atoms with Crippen LogP contribution in [-0.4, -0.2) is 25.6 Å². The Morgan fingerprint density at radius 1 is 0.487 bits per heavy atom. The second kappa shape index (κ2) is 18.7. The average molecular weight is 1160 g/mol. The number of anilines is 2. The van der Waals surface area contributed by atoms with E-state index in [0.29, 0.717) is 22.7 Å². The van der Waals surface area contributed by atoms with E-state index in [2.05, 4.69) is 153 Å². The van der Waals surface area contributed by atoms with Crippen LogP contribution in [0.1, 0.15) is 19.4 Å². The fourth-order valence-electron chi connectivity index (χ4n) is 11.3. The first-order valence-corrected chi connectivity index (χ1v) is 26.4. The fourth-order valence-corrected chi connectivity index (χ4v) is 12.4. The molecule has 0 radical (unpaired) electrons. The van der Waals surface area contributed by atoms with Crippen LogP contribution < -0.4 is 15.0 Å². The van der Waals surface area contributed by atoms with Crippen molar-refractivity contribution in [3.8, 4) is 67.5 Å². The number of pyridine rings is 1. The second-order valence-electron chi connectivity index (χ2n) is 19.0. The van der Waals surface area contributed by atoms with Crippen molar-refractivity contribution >= 4 is 56.8 Å². The van der Waals surface area contributed by atoms with Gasteiger partial charge in [-0.3, -0.25) is 0 Å². The third kappa shape index (κ3) is 7.61. The first-order valence-electron chi connectivity index (χ1n) is 28.2. The molecule has 76 heavy (non-hydrogen) atoms. The second-order valence-corrected chi connectivity index (χ2v) is 20.0. The van der Waals surface area contributed by atoms with Crippen LogP contribution in [-0.2, 0) is 19.4 Å². The molecule has 0 amide bonds. The summed E-state index contributed by atoms with van der Waals surface area (Å²) in [6.45, 7) is -5.31. The Bertz CT molecular complexity index is 4680. The summed E-state index contributed by atoms with van der Waals surface area (Å²) in [5.41, 5.74) is 14.6. The molecule has 0 fully saturated rings. The Hall–Kier alpha value is -9.03. The Labute approximate surface area is 461 Å². The van der Waals surface area contributed by atoms with E-state index in [-0.39, 0.29) is 17.0 Å². The molecule has 364 valence electrons. The van der Waals surface area contributed by atoms with Crippen LogP contribution in [0.25, 0.3) is 88.7 Å². The summed E-state index contributed by atoms with van der Waals surface area (Å²) >= 11 is 2.40. The predicted octanol–water partition coefficient (Wildman–Crippen LogP) is 16.5. The van der Waals surface area contributed by atoms with Crippen molar-refractivity contribution in [3.05, 3.63) is 270 Å². The molecule has 8 heteroatoms. The van der Waals surface area contributed by atoms with Gasteiger partial charge in [-0.1, -0.05) is 60.7 Å². The van der Waals surface area contributed by atoms with E-state index in [4.69, 9.17) is 13.8 Å². The summed E-state index contributed by atoms with van der Waals surface area (Å²) < 4.78 is 67.4. The number of benzene rings is 10. The van der Waals surface area contributed by atoms with Gasteiger partial charge in [0.1, 0.15) is 0 Å². The molecule has 3 aromatic heterocycles. The number of aromatic nitrogens is 4. The van der Waals surface area contributed by atoms with Crippen LogP contribution in [0.3, 0.4) is 0 Å². The molecule has 1 aliphatic rings. The van der Waals surface area contributed by atoms with Gasteiger partial charge < -0.3 is 0 Å². The van der Waals surface area contributed by atoms with Gasteiger partial charge in [0.05, 0.1) is 0 Å². The van der Waals surface area contributed by atoms with E-state index < -0.39 is 20.7 Å². The molecule has 0 atom stereocenters. The number of fused-ring (bicyclic) bond motifs is 4. The molecule has 0 unspecified atom stereocenters. The van der Waals surface area contributed by atoms with E-state index in [1.54, 1.807) is 18.2 Å². The third-order valence-corrected chi connectivity index (χ3v) is 15.6. The quantitative estimate of drug-likeness (QED) is 0.128. The molecule has 0 N–H and O–H groups in total. The maximum atomic E-state index is 9.18. The number of para-hydroxylation sites is 5. The summed E-state index contributed by atoms with van der Waals surface area (Å²) in [6.07, 6.45) is 0. The minimum absolute atomic E-state index is 0.107. The molecule has 1 aliphatic heterocycles. The Balaban J connectivity index is 0.948. The van der Waals surface area contributed by atoms with Gasteiger partial charge in [-0.15, -0.1) is 0 Å². The van der Waals surface area contributed by atoms with E-state index in [1.165, 1.54) is 0 Å².